The predicted octanol–water partition coefficient (Wildman–Crippen LogP) is 3.88. The van der Waals surface area contributed by atoms with E-state index in [1.54, 1.807) is 18.3 Å². The molecule has 0 bridgehead atoms. The van der Waals surface area contributed by atoms with E-state index in [0.717, 1.165) is 5.56 Å². The van der Waals surface area contributed by atoms with E-state index in [4.69, 9.17) is 34.8 Å². The molecule has 0 amide bonds. The molecule has 0 unspecified atom stereocenters. The van der Waals surface area contributed by atoms with Crippen LogP contribution in [-0.4, -0.2) is 16.3 Å². The molecule has 112 valence electrons. The summed E-state index contributed by atoms with van der Waals surface area (Å²) in [6.07, 6.45) is 2.24. The second-order valence-corrected chi connectivity index (χ2v) is 5.63. The lowest BCUT2D eigenvalue weighted by atomic mass is 10.1. The van der Waals surface area contributed by atoms with Crippen LogP contribution in [0.5, 0.6) is 0 Å². The molecule has 0 atom stereocenters. The zero-order valence-electron chi connectivity index (χ0n) is 11.4. The van der Waals surface area contributed by atoms with Crippen molar-refractivity contribution < 1.29 is 0 Å². The first-order valence-corrected chi connectivity index (χ1v) is 7.59. The Labute approximate surface area is 137 Å². The SMILES string of the molecule is CCn1ncc(NCCc2ccc(Cl)cc2Cl)c(Cl)c1=O. The van der Waals surface area contributed by atoms with Gasteiger partial charge in [-0.15, -0.1) is 0 Å². The molecule has 0 fully saturated rings. The van der Waals surface area contributed by atoms with Gasteiger partial charge >= 0.3 is 0 Å². The predicted molar refractivity (Wildman–Crippen MR) is 87.8 cm³/mol. The quantitative estimate of drug-likeness (QED) is 0.893. The molecule has 0 saturated carbocycles. The molecule has 0 aliphatic heterocycles. The standard InChI is InChI=1S/C14H14Cl3N3O/c1-2-20-14(21)13(17)12(8-19-20)18-6-5-9-3-4-10(15)7-11(9)16/h3-4,7-8,18H,2,5-6H2,1H3. The Morgan fingerprint density at radius 3 is 2.71 bits per heavy atom. The Morgan fingerprint density at radius 2 is 2.05 bits per heavy atom. The molecule has 0 saturated heterocycles. The number of aryl methyl sites for hydroxylation is 1. The maximum atomic E-state index is 11.8. The third-order valence-corrected chi connectivity index (χ3v) is 3.96. The minimum atomic E-state index is -0.298. The lowest BCUT2D eigenvalue weighted by Gasteiger charge is -2.10. The highest BCUT2D eigenvalue weighted by molar-refractivity contribution is 6.35. The number of nitrogens with one attached hydrogen (secondary N) is 1. The van der Waals surface area contributed by atoms with E-state index in [2.05, 4.69) is 10.4 Å². The van der Waals surface area contributed by atoms with E-state index in [9.17, 15) is 4.79 Å². The molecule has 1 heterocycles. The summed E-state index contributed by atoms with van der Waals surface area (Å²) in [5, 5.41) is 8.49. The molecule has 1 aromatic carbocycles. The first kappa shape index (κ1) is 16.1. The lowest BCUT2D eigenvalue weighted by molar-refractivity contribution is 0.616. The van der Waals surface area contributed by atoms with Crippen molar-refractivity contribution in [2.24, 2.45) is 0 Å². The van der Waals surface area contributed by atoms with E-state index >= 15 is 0 Å². The zero-order valence-corrected chi connectivity index (χ0v) is 13.6. The van der Waals surface area contributed by atoms with E-state index in [1.807, 2.05) is 13.0 Å². The van der Waals surface area contributed by atoms with Crippen LogP contribution in [0.2, 0.25) is 15.1 Å². The summed E-state index contributed by atoms with van der Waals surface area (Å²) in [5.74, 6) is 0. The summed E-state index contributed by atoms with van der Waals surface area (Å²) < 4.78 is 1.31. The van der Waals surface area contributed by atoms with Gasteiger partial charge in [0.1, 0.15) is 5.02 Å². The monoisotopic (exact) mass is 345 g/mol. The molecule has 2 aromatic rings. The summed E-state index contributed by atoms with van der Waals surface area (Å²) >= 11 is 18.0. The molecule has 0 radical (unpaired) electrons. The van der Waals surface area contributed by atoms with Crippen molar-refractivity contribution >= 4 is 40.5 Å². The Hall–Kier alpha value is -1.23. The summed E-state index contributed by atoms with van der Waals surface area (Å²) in [6, 6.07) is 5.37. The summed E-state index contributed by atoms with van der Waals surface area (Å²) in [6.45, 7) is 2.90. The van der Waals surface area contributed by atoms with Gasteiger partial charge in [0.05, 0.1) is 11.9 Å². The van der Waals surface area contributed by atoms with Gasteiger partial charge in [-0.3, -0.25) is 4.79 Å². The van der Waals surface area contributed by atoms with Gasteiger partial charge < -0.3 is 5.32 Å². The van der Waals surface area contributed by atoms with Crippen LogP contribution in [0, 0.1) is 0 Å². The molecule has 21 heavy (non-hydrogen) atoms. The van der Waals surface area contributed by atoms with Gasteiger partial charge in [-0.25, -0.2) is 4.68 Å². The van der Waals surface area contributed by atoms with Crippen LogP contribution in [0.15, 0.2) is 29.2 Å². The molecule has 0 spiro atoms. The average molecular weight is 347 g/mol. The van der Waals surface area contributed by atoms with Crippen molar-refractivity contribution in [3.63, 3.8) is 0 Å². The van der Waals surface area contributed by atoms with Crippen molar-refractivity contribution in [3.05, 3.63) is 55.4 Å². The van der Waals surface area contributed by atoms with E-state index < -0.39 is 0 Å². The minimum Gasteiger partial charge on any atom is -0.382 e. The number of nitrogens with zero attached hydrogens (tertiary/aromatic N) is 2. The fourth-order valence-electron chi connectivity index (χ4n) is 1.87. The molecule has 0 aliphatic rings. The van der Waals surface area contributed by atoms with Crippen LogP contribution in [0.3, 0.4) is 0 Å². The largest absolute Gasteiger partial charge is 0.382 e. The summed E-state index contributed by atoms with van der Waals surface area (Å²) in [4.78, 5) is 11.8. The number of halogens is 3. The van der Waals surface area contributed by atoms with Crippen molar-refractivity contribution in [2.45, 2.75) is 19.9 Å². The molecule has 7 heteroatoms. The third-order valence-electron chi connectivity index (χ3n) is 3.01. The van der Waals surface area contributed by atoms with E-state index in [1.165, 1.54) is 4.68 Å². The highest BCUT2D eigenvalue weighted by Crippen LogP contribution is 2.22. The molecule has 1 aromatic heterocycles. The maximum Gasteiger partial charge on any atom is 0.287 e. The Kier molecular flexibility index (Phi) is 5.51. The molecule has 2 rings (SSSR count). The summed E-state index contributed by atoms with van der Waals surface area (Å²) in [5.41, 5.74) is 1.20. The van der Waals surface area contributed by atoms with Gasteiger partial charge in [-0.2, -0.15) is 5.10 Å². The van der Waals surface area contributed by atoms with Crippen LogP contribution < -0.4 is 10.9 Å². The number of aromatic nitrogens is 2. The average Bonchev–Trinajstić information content (AvgIpc) is 2.46. The smallest absolute Gasteiger partial charge is 0.287 e. The van der Waals surface area contributed by atoms with Gasteiger partial charge in [-0.1, -0.05) is 40.9 Å². The van der Waals surface area contributed by atoms with Crippen LogP contribution in [0.1, 0.15) is 12.5 Å². The van der Waals surface area contributed by atoms with Gasteiger partial charge in [0.2, 0.25) is 0 Å². The number of rotatable bonds is 5. The van der Waals surface area contributed by atoms with Crippen molar-refractivity contribution in [3.8, 4) is 0 Å². The van der Waals surface area contributed by atoms with Gasteiger partial charge in [0.15, 0.2) is 0 Å². The number of anilines is 1. The lowest BCUT2D eigenvalue weighted by Crippen LogP contribution is -2.23. The van der Waals surface area contributed by atoms with Crippen LogP contribution in [0.4, 0.5) is 5.69 Å². The normalized spacial score (nSPS) is 10.7. The topological polar surface area (TPSA) is 46.9 Å². The van der Waals surface area contributed by atoms with Crippen LogP contribution in [0.25, 0.3) is 0 Å². The maximum absolute atomic E-state index is 11.8. The first-order chi connectivity index (χ1) is 10.0. The molecule has 1 N–H and O–H groups in total. The first-order valence-electron chi connectivity index (χ1n) is 6.46. The van der Waals surface area contributed by atoms with E-state index in [-0.39, 0.29) is 10.6 Å². The van der Waals surface area contributed by atoms with Crippen LogP contribution >= 0.6 is 34.8 Å². The number of benzene rings is 1. The van der Waals surface area contributed by atoms with Crippen molar-refractivity contribution in [2.75, 3.05) is 11.9 Å². The fourth-order valence-corrected chi connectivity index (χ4v) is 2.59. The van der Waals surface area contributed by atoms with E-state index in [0.29, 0.717) is 35.2 Å². The van der Waals surface area contributed by atoms with Crippen molar-refractivity contribution in [1.29, 1.82) is 0 Å². The van der Waals surface area contributed by atoms with Gasteiger partial charge in [-0.05, 0) is 31.0 Å². The highest BCUT2D eigenvalue weighted by Gasteiger charge is 2.08. The van der Waals surface area contributed by atoms with Gasteiger partial charge in [0, 0.05) is 23.1 Å². The fraction of sp³-hybridized carbons (Fsp3) is 0.286. The highest BCUT2D eigenvalue weighted by atomic mass is 35.5. The second kappa shape index (κ2) is 7.16. The second-order valence-electron chi connectivity index (χ2n) is 4.41. The molecule has 4 nitrogen and oxygen atoms in total. The number of hydrogen-bond acceptors (Lipinski definition) is 3. The molecular formula is C14H14Cl3N3O. The molecule has 0 aliphatic carbocycles. The number of hydrogen-bond donors (Lipinski definition) is 1. The Bertz CT molecular complexity index is 700. The Balaban J connectivity index is 2.04. The minimum absolute atomic E-state index is 0.147. The van der Waals surface area contributed by atoms with Crippen LogP contribution in [-0.2, 0) is 13.0 Å². The molecular weight excluding hydrogens is 333 g/mol. The zero-order chi connectivity index (χ0) is 15.4. The van der Waals surface area contributed by atoms with Gasteiger partial charge in [0.25, 0.3) is 5.56 Å². The third kappa shape index (κ3) is 3.90. The van der Waals surface area contributed by atoms with Crippen molar-refractivity contribution in [1.82, 2.24) is 9.78 Å². The summed E-state index contributed by atoms with van der Waals surface area (Å²) in [7, 11) is 0. The Morgan fingerprint density at radius 1 is 1.29 bits per heavy atom.